The molecule has 4 aromatic carbocycles. The molecule has 0 radical (unpaired) electrons. The van der Waals surface area contributed by atoms with Gasteiger partial charge in [-0.1, -0.05) is 91.0 Å². The van der Waals surface area contributed by atoms with Gasteiger partial charge in [0, 0.05) is 12.1 Å². The van der Waals surface area contributed by atoms with E-state index in [-0.39, 0.29) is 24.5 Å². The van der Waals surface area contributed by atoms with Crippen molar-refractivity contribution in [1.29, 1.82) is 0 Å². The van der Waals surface area contributed by atoms with Crippen molar-refractivity contribution in [2.75, 3.05) is 0 Å². The fourth-order valence-electron chi connectivity index (χ4n) is 4.86. The fraction of sp³-hybridized carbons (Fsp3) is 0.265. The van der Waals surface area contributed by atoms with Crippen LogP contribution in [0.3, 0.4) is 0 Å². The summed E-state index contributed by atoms with van der Waals surface area (Å²) in [6.07, 6.45) is -3.76. The first-order valence-corrected chi connectivity index (χ1v) is 14.1. The van der Waals surface area contributed by atoms with Gasteiger partial charge in [0.25, 0.3) is 5.69 Å². The number of benzene rings is 4. The summed E-state index contributed by atoms with van der Waals surface area (Å²) in [6, 6.07) is 34.4. The first-order valence-electron chi connectivity index (χ1n) is 14.1. The van der Waals surface area contributed by atoms with Crippen molar-refractivity contribution in [1.82, 2.24) is 0 Å². The number of nitro benzene ring substituents is 1. The van der Waals surface area contributed by atoms with Crippen LogP contribution in [0, 0.1) is 10.1 Å². The number of rotatable bonds is 12. The van der Waals surface area contributed by atoms with Crippen molar-refractivity contribution >= 4 is 11.7 Å². The summed E-state index contributed by atoms with van der Waals surface area (Å²) < 4.78 is 31.4. The Kier molecular flexibility index (Phi) is 10.2. The highest BCUT2D eigenvalue weighted by Gasteiger charge is 2.48. The van der Waals surface area contributed by atoms with Crippen LogP contribution in [0.4, 0.5) is 5.69 Å². The number of ether oxygens (including phenoxy) is 5. The predicted molar refractivity (Wildman–Crippen MR) is 158 cm³/mol. The summed E-state index contributed by atoms with van der Waals surface area (Å²) in [4.78, 5) is 23.7. The Morgan fingerprint density at radius 1 is 0.674 bits per heavy atom. The normalized spacial score (nSPS) is 21.7. The third-order valence-corrected chi connectivity index (χ3v) is 7.12. The maximum absolute atomic E-state index is 13.2. The van der Waals surface area contributed by atoms with Crippen molar-refractivity contribution in [2.45, 2.75) is 57.5 Å². The summed E-state index contributed by atoms with van der Waals surface area (Å²) >= 11 is 0. The molecule has 0 saturated carbocycles. The van der Waals surface area contributed by atoms with Crippen LogP contribution >= 0.6 is 0 Å². The number of hydrogen-bond donors (Lipinski definition) is 0. The van der Waals surface area contributed by atoms with Gasteiger partial charge in [-0.25, -0.2) is 4.79 Å². The molecule has 4 aromatic rings. The Hall–Kier alpha value is -4.41. The summed E-state index contributed by atoms with van der Waals surface area (Å²) in [7, 11) is 0. The molecular weight excluding hydrogens is 550 g/mol. The molecule has 0 amide bonds. The number of hydrogen-bond acceptors (Lipinski definition) is 8. The van der Waals surface area contributed by atoms with E-state index in [1.54, 1.807) is 0 Å². The minimum atomic E-state index is -1.14. The molecule has 43 heavy (non-hydrogen) atoms. The summed E-state index contributed by atoms with van der Waals surface area (Å²) in [5.41, 5.74) is 2.89. The molecular formula is C34H33NO8. The van der Waals surface area contributed by atoms with Crippen molar-refractivity contribution in [3.63, 3.8) is 0 Å². The van der Waals surface area contributed by atoms with Gasteiger partial charge in [-0.05, 0) is 35.7 Å². The van der Waals surface area contributed by atoms with E-state index in [9.17, 15) is 14.9 Å². The molecule has 9 heteroatoms. The monoisotopic (exact) mass is 583 g/mol. The molecule has 1 saturated heterocycles. The number of nitro groups is 1. The van der Waals surface area contributed by atoms with Gasteiger partial charge in [0.15, 0.2) is 0 Å². The van der Waals surface area contributed by atoms with Crippen molar-refractivity contribution < 1.29 is 33.4 Å². The third-order valence-electron chi connectivity index (χ3n) is 7.12. The highest BCUT2D eigenvalue weighted by molar-refractivity contribution is 5.89. The van der Waals surface area contributed by atoms with Gasteiger partial charge in [0.1, 0.15) is 18.3 Å². The fourth-order valence-corrected chi connectivity index (χ4v) is 4.86. The Morgan fingerprint density at radius 3 is 1.58 bits per heavy atom. The third kappa shape index (κ3) is 8.12. The Balaban J connectivity index is 1.41. The van der Waals surface area contributed by atoms with Crippen LogP contribution in [-0.2, 0) is 43.5 Å². The van der Waals surface area contributed by atoms with E-state index in [0.717, 1.165) is 16.7 Å². The molecule has 1 heterocycles. The lowest BCUT2D eigenvalue weighted by atomic mass is 9.98. The Labute approximate surface area is 250 Å². The minimum absolute atomic E-state index is 0.129. The number of carbonyl (C=O) groups excluding carboxylic acids is 1. The molecule has 0 aliphatic carbocycles. The van der Waals surface area contributed by atoms with E-state index in [2.05, 4.69) is 0 Å². The average molecular weight is 584 g/mol. The standard InChI is InChI=1S/C34H33NO8/c1-24-30(39-21-25-11-5-2-6-12-25)31(40-22-26-13-7-3-8-14-26)32(41-23-27-15-9-4-10-16-27)34(42-24)43-33(36)28-17-19-29(20-18-28)35(37)38/h2-20,24,30-32,34H,21-23H2,1H3. The van der Waals surface area contributed by atoms with Crippen LogP contribution in [0.5, 0.6) is 0 Å². The summed E-state index contributed by atoms with van der Waals surface area (Å²) in [5.74, 6) is -0.703. The first kappa shape index (κ1) is 30.1. The highest BCUT2D eigenvalue weighted by Crippen LogP contribution is 2.31. The van der Waals surface area contributed by atoms with Crippen LogP contribution in [0.25, 0.3) is 0 Å². The minimum Gasteiger partial charge on any atom is -0.429 e. The number of carbonyl (C=O) groups is 1. The second-order valence-corrected chi connectivity index (χ2v) is 10.2. The number of esters is 1. The largest absolute Gasteiger partial charge is 0.429 e. The van der Waals surface area contributed by atoms with Crippen LogP contribution in [0.1, 0.15) is 34.0 Å². The average Bonchev–Trinajstić information content (AvgIpc) is 3.04. The molecule has 5 unspecified atom stereocenters. The van der Waals surface area contributed by atoms with Gasteiger partial charge in [0.05, 0.1) is 36.4 Å². The van der Waals surface area contributed by atoms with E-state index < -0.39 is 41.6 Å². The van der Waals surface area contributed by atoms with E-state index in [4.69, 9.17) is 23.7 Å². The lowest BCUT2D eigenvalue weighted by Gasteiger charge is -2.44. The second kappa shape index (κ2) is 14.7. The SMILES string of the molecule is CC1OC(OC(=O)c2ccc([N+](=O)[O-])cc2)C(OCc2ccccc2)C(OCc2ccccc2)C1OCc1ccccc1. The molecule has 5 atom stereocenters. The second-order valence-electron chi connectivity index (χ2n) is 10.2. The summed E-state index contributed by atoms with van der Waals surface area (Å²) in [6.45, 7) is 2.65. The van der Waals surface area contributed by atoms with Gasteiger partial charge in [0.2, 0.25) is 6.29 Å². The summed E-state index contributed by atoms with van der Waals surface area (Å²) in [5, 5.41) is 11.1. The van der Waals surface area contributed by atoms with E-state index in [0.29, 0.717) is 6.61 Å². The predicted octanol–water partition coefficient (Wildman–Crippen LogP) is 6.25. The van der Waals surface area contributed by atoms with Crippen molar-refractivity contribution in [3.8, 4) is 0 Å². The molecule has 0 bridgehead atoms. The zero-order chi connectivity index (χ0) is 30.0. The van der Waals surface area contributed by atoms with Crippen LogP contribution < -0.4 is 0 Å². The van der Waals surface area contributed by atoms with Gasteiger partial charge in [-0.2, -0.15) is 0 Å². The number of nitrogens with zero attached hydrogens (tertiary/aromatic N) is 1. The van der Waals surface area contributed by atoms with Crippen molar-refractivity contribution in [2.24, 2.45) is 0 Å². The van der Waals surface area contributed by atoms with Gasteiger partial charge in [-0.3, -0.25) is 10.1 Å². The molecule has 0 N–H and O–H groups in total. The lowest BCUT2D eigenvalue weighted by molar-refractivity contribution is -0.384. The van der Waals surface area contributed by atoms with Gasteiger partial charge < -0.3 is 23.7 Å². The van der Waals surface area contributed by atoms with Gasteiger partial charge >= 0.3 is 5.97 Å². The quantitative estimate of drug-likeness (QED) is 0.109. The van der Waals surface area contributed by atoms with E-state index in [1.807, 2.05) is 97.9 Å². The van der Waals surface area contributed by atoms with Gasteiger partial charge in [-0.15, -0.1) is 0 Å². The Morgan fingerprint density at radius 2 is 1.12 bits per heavy atom. The lowest BCUT2D eigenvalue weighted by Crippen LogP contribution is -2.60. The molecule has 1 aliphatic heterocycles. The zero-order valence-electron chi connectivity index (χ0n) is 23.7. The molecule has 9 nitrogen and oxygen atoms in total. The Bertz CT molecular complexity index is 1450. The van der Waals surface area contributed by atoms with Crippen LogP contribution in [0.15, 0.2) is 115 Å². The molecule has 0 aromatic heterocycles. The molecule has 1 aliphatic rings. The van der Waals surface area contributed by atoms with Crippen LogP contribution in [-0.4, -0.2) is 41.6 Å². The topological polar surface area (TPSA) is 106 Å². The molecule has 5 rings (SSSR count). The van der Waals surface area contributed by atoms with E-state index in [1.165, 1.54) is 24.3 Å². The molecule has 222 valence electrons. The first-order chi connectivity index (χ1) is 21.0. The van der Waals surface area contributed by atoms with Crippen LogP contribution in [0.2, 0.25) is 0 Å². The molecule has 0 spiro atoms. The maximum atomic E-state index is 13.2. The van der Waals surface area contributed by atoms with E-state index >= 15 is 0 Å². The molecule has 1 fully saturated rings. The maximum Gasteiger partial charge on any atom is 0.340 e. The zero-order valence-corrected chi connectivity index (χ0v) is 23.7. The number of non-ortho nitro benzene ring substituents is 1. The van der Waals surface area contributed by atoms with Crippen molar-refractivity contribution in [3.05, 3.63) is 148 Å². The smallest absolute Gasteiger partial charge is 0.340 e. The highest BCUT2D eigenvalue weighted by atomic mass is 16.7.